The Hall–Kier alpha value is -3.91. The van der Waals surface area contributed by atoms with Crippen molar-refractivity contribution in [3.63, 3.8) is 0 Å². The lowest BCUT2D eigenvalue weighted by atomic mass is 10.0. The van der Waals surface area contributed by atoms with Crippen LogP contribution in [0.2, 0.25) is 0 Å². The molecule has 0 saturated heterocycles. The molecule has 0 spiro atoms. The van der Waals surface area contributed by atoms with Gasteiger partial charge in [0, 0.05) is 13.0 Å². The van der Waals surface area contributed by atoms with Gasteiger partial charge in [-0.3, -0.25) is 19.4 Å². The minimum Gasteiger partial charge on any atom is -0.508 e. The summed E-state index contributed by atoms with van der Waals surface area (Å²) >= 11 is 0. The number of guanidine groups is 1. The second-order valence-electron chi connectivity index (χ2n) is 9.26. The summed E-state index contributed by atoms with van der Waals surface area (Å²) in [5.74, 6) is -3.62. The number of aliphatic carboxylic acids is 1. The van der Waals surface area contributed by atoms with E-state index in [1.165, 1.54) is 12.1 Å². The first-order chi connectivity index (χ1) is 17.8. The number of carboxylic acids is 1. The molecule has 4 atom stereocenters. The zero-order valence-electron chi connectivity index (χ0n) is 21.6. The van der Waals surface area contributed by atoms with Gasteiger partial charge in [-0.25, -0.2) is 4.79 Å². The van der Waals surface area contributed by atoms with E-state index in [-0.39, 0.29) is 43.4 Å². The summed E-state index contributed by atoms with van der Waals surface area (Å²) in [7, 11) is 0. The van der Waals surface area contributed by atoms with E-state index >= 15 is 0 Å². The molecule has 0 bridgehead atoms. The second-order valence-corrected chi connectivity index (χ2v) is 9.26. The quantitative estimate of drug-likeness (QED) is 0.0630. The highest BCUT2D eigenvalue weighted by molar-refractivity contribution is 5.94. The van der Waals surface area contributed by atoms with Gasteiger partial charge in [0.25, 0.3) is 0 Å². The summed E-state index contributed by atoms with van der Waals surface area (Å²) in [5, 5.41) is 35.9. The molecule has 0 aromatic heterocycles. The summed E-state index contributed by atoms with van der Waals surface area (Å²) in [5.41, 5.74) is 17.0. The van der Waals surface area contributed by atoms with Crippen LogP contribution in [0, 0.1) is 5.92 Å². The first-order valence-corrected chi connectivity index (χ1v) is 12.2. The molecule has 0 saturated carbocycles. The van der Waals surface area contributed by atoms with Gasteiger partial charge < -0.3 is 48.5 Å². The summed E-state index contributed by atoms with van der Waals surface area (Å²) < 4.78 is 0. The number of carboxylic acid groups (broad SMARTS) is 1. The number of benzene rings is 1. The van der Waals surface area contributed by atoms with Crippen LogP contribution in [0.15, 0.2) is 29.3 Å². The Bertz CT molecular complexity index is 965. The molecule has 4 unspecified atom stereocenters. The lowest BCUT2D eigenvalue weighted by Gasteiger charge is -2.25. The number of hydrogen-bond donors (Lipinski definition) is 9. The number of aliphatic hydroxyl groups is 1. The van der Waals surface area contributed by atoms with Crippen LogP contribution in [0.4, 0.5) is 0 Å². The van der Waals surface area contributed by atoms with Crippen molar-refractivity contribution >= 4 is 29.7 Å². The van der Waals surface area contributed by atoms with E-state index in [4.69, 9.17) is 17.2 Å². The minimum absolute atomic E-state index is 0.00276. The number of nitrogens with zero attached hydrogens (tertiary/aromatic N) is 1. The zero-order valence-corrected chi connectivity index (χ0v) is 21.6. The van der Waals surface area contributed by atoms with Crippen LogP contribution in [0.5, 0.6) is 5.75 Å². The molecule has 1 rings (SSSR count). The molecule has 14 nitrogen and oxygen atoms in total. The van der Waals surface area contributed by atoms with Crippen molar-refractivity contribution in [1.29, 1.82) is 0 Å². The number of nitrogens with two attached hydrogens (primary N) is 3. The van der Waals surface area contributed by atoms with Crippen molar-refractivity contribution in [2.24, 2.45) is 28.1 Å². The van der Waals surface area contributed by atoms with Crippen molar-refractivity contribution in [3.05, 3.63) is 29.8 Å². The lowest BCUT2D eigenvalue weighted by Crippen LogP contribution is -2.58. The van der Waals surface area contributed by atoms with Gasteiger partial charge in [-0.05, 0) is 42.9 Å². The van der Waals surface area contributed by atoms with Gasteiger partial charge in [-0.2, -0.15) is 0 Å². The number of aliphatic hydroxyl groups excluding tert-OH is 1. The van der Waals surface area contributed by atoms with Gasteiger partial charge in [0.15, 0.2) is 5.96 Å². The van der Waals surface area contributed by atoms with E-state index < -0.39 is 54.5 Å². The number of hydrogen-bond acceptors (Lipinski definition) is 8. The van der Waals surface area contributed by atoms with Gasteiger partial charge in [-0.15, -0.1) is 0 Å². The van der Waals surface area contributed by atoms with Crippen LogP contribution >= 0.6 is 0 Å². The molecular formula is C24H39N7O7. The number of carbonyl (C=O) groups excluding carboxylic acids is 3. The lowest BCUT2D eigenvalue weighted by molar-refractivity contribution is -0.142. The van der Waals surface area contributed by atoms with Gasteiger partial charge in [0.05, 0.1) is 12.6 Å². The number of phenolic OH excluding ortho intramolecular Hbond substituents is 1. The fourth-order valence-corrected chi connectivity index (χ4v) is 3.47. The molecule has 12 N–H and O–H groups in total. The van der Waals surface area contributed by atoms with Crippen molar-refractivity contribution in [2.75, 3.05) is 13.2 Å². The second kappa shape index (κ2) is 16.0. The van der Waals surface area contributed by atoms with Gasteiger partial charge in [-0.1, -0.05) is 26.0 Å². The van der Waals surface area contributed by atoms with Crippen LogP contribution in [-0.2, 0) is 25.6 Å². The van der Waals surface area contributed by atoms with E-state index in [2.05, 4.69) is 20.9 Å². The number of carbonyl (C=O) groups is 4. The Labute approximate surface area is 221 Å². The fourth-order valence-electron chi connectivity index (χ4n) is 3.47. The predicted molar refractivity (Wildman–Crippen MR) is 140 cm³/mol. The maximum Gasteiger partial charge on any atom is 0.326 e. The van der Waals surface area contributed by atoms with Crippen molar-refractivity contribution in [3.8, 4) is 5.75 Å². The number of nitrogens with one attached hydrogen (secondary N) is 3. The molecule has 1 aromatic rings. The van der Waals surface area contributed by atoms with Gasteiger partial charge in [0.2, 0.25) is 17.7 Å². The molecule has 14 heteroatoms. The topological polar surface area (TPSA) is 255 Å². The first kappa shape index (κ1) is 32.1. The molecule has 0 aliphatic heterocycles. The average molecular weight is 538 g/mol. The third-order valence-corrected chi connectivity index (χ3v) is 5.45. The molecule has 1 aromatic carbocycles. The highest BCUT2D eigenvalue weighted by atomic mass is 16.4. The standard InChI is InChI=1S/C24H39N7O7/c1-13(2)10-16(25)20(34)30-18(11-14-5-7-15(33)8-6-14)21(35)31-19(12-32)22(36)29-17(23(37)38)4-3-9-28-24(26)27/h5-8,13,16-19,32-33H,3-4,9-12,25H2,1-2H3,(H,29,36)(H,30,34)(H,31,35)(H,37,38)(H4,26,27,28). The number of aromatic hydroxyl groups is 1. The number of amides is 3. The molecule has 38 heavy (non-hydrogen) atoms. The molecule has 0 aliphatic carbocycles. The summed E-state index contributed by atoms with van der Waals surface area (Å²) in [4.78, 5) is 53.7. The number of aliphatic imine (C=N–C) groups is 1. The van der Waals surface area contributed by atoms with Crippen molar-refractivity contribution in [2.45, 2.75) is 63.7 Å². The maximum absolute atomic E-state index is 13.1. The fraction of sp³-hybridized carbons (Fsp3) is 0.542. The van der Waals surface area contributed by atoms with Crippen LogP contribution in [0.3, 0.4) is 0 Å². The highest BCUT2D eigenvalue weighted by Crippen LogP contribution is 2.12. The van der Waals surface area contributed by atoms with Crippen LogP contribution in [-0.4, -0.2) is 82.3 Å². The Balaban J connectivity index is 2.96. The molecule has 0 radical (unpaired) electrons. The molecule has 212 valence electrons. The van der Waals surface area contributed by atoms with Crippen LogP contribution in [0.1, 0.15) is 38.7 Å². The van der Waals surface area contributed by atoms with E-state index in [1.54, 1.807) is 12.1 Å². The third-order valence-electron chi connectivity index (χ3n) is 5.45. The number of rotatable bonds is 16. The van der Waals surface area contributed by atoms with E-state index in [0.29, 0.717) is 12.0 Å². The van der Waals surface area contributed by atoms with Crippen molar-refractivity contribution in [1.82, 2.24) is 16.0 Å². The third kappa shape index (κ3) is 11.9. The predicted octanol–water partition coefficient (Wildman–Crippen LogP) is -2.11. The highest BCUT2D eigenvalue weighted by Gasteiger charge is 2.30. The molecular weight excluding hydrogens is 498 g/mol. The summed E-state index contributed by atoms with van der Waals surface area (Å²) in [6, 6.07) is 1.09. The summed E-state index contributed by atoms with van der Waals surface area (Å²) in [6.07, 6.45) is 0.620. The van der Waals surface area contributed by atoms with E-state index in [0.717, 1.165) is 0 Å². The average Bonchev–Trinajstić information content (AvgIpc) is 2.84. The Morgan fingerprint density at radius 1 is 0.921 bits per heavy atom. The van der Waals surface area contributed by atoms with Gasteiger partial charge >= 0.3 is 5.97 Å². The van der Waals surface area contributed by atoms with E-state index in [1.807, 2.05) is 13.8 Å². The zero-order chi connectivity index (χ0) is 28.8. The van der Waals surface area contributed by atoms with Crippen molar-refractivity contribution < 1.29 is 34.5 Å². The molecule has 0 fully saturated rings. The summed E-state index contributed by atoms with van der Waals surface area (Å²) in [6.45, 7) is 3.11. The number of phenols is 1. The minimum atomic E-state index is -1.49. The van der Waals surface area contributed by atoms with Crippen LogP contribution in [0.25, 0.3) is 0 Å². The molecule has 0 aliphatic rings. The monoisotopic (exact) mass is 537 g/mol. The molecule has 0 heterocycles. The Morgan fingerprint density at radius 2 is 1.47 bits per heavy atom. The Morgan fingerprint density at radius 3 is 2.00 bits per heavy atom. The largest absolute Gasteiger partial charge is 0.508 e. The molecule has 3 amide bonds. The van der Waals surface area contributed by atoms with Gasteiger partial charge in [0.1, 0.15) is 23.9 Å². The van der Waals surface area contributed by atoms with E-state index in [9.17, 15) is 34.5 Å². The smallest absolute Gasteiger partial charge is 0.326 e. The Kier molecular flexibility index (Phi) is 13.6. The maximum atomic E-state index is 13.1. The SMILES string of the molecule is CC(C)CC(N)C(=O)NC(Cc1ccc(O)cc1)C(=O)NC(CO)C(=O)NC(CCCN=C(N)N)C(=O)O. The normalized spacial score (nSPS) is 14.0. The van der Waals surface area contributed by atoms with Crippen LogP contribution < -0.4 is 33.2 Å². The first-order valence-electron chi connectivity index (χ1n) is 12.2.